The Morgan fingerprint density at radius 1 is 0.922 bits per heavy atom. The molecule has 5 aromatic rings. The van der Waals surface area contributed by atoms with Crippen LogP contribution in [-0.4, -0.2) is 20.9 Å². The predicted molar refractivity (Wildman–Crippen MR) is 214 cm³/mol. The number of aliphatic hydroxyl groups excluding tert-OH is 1. The van der Waals surface area contributed by atoms with Crippen molar-refractivity contribution in [3.63, 3.8) is 0 Å². The number of carbonyl (C=O) groups excluding carboxylic acids is 1. The van der Waals surface area contributed by atoms with Crippen molar-refractivity contribution in [1.82, 2.24) is 9.97 Å². The molecule has 1 saturated carbocycles. The maximum Gasteiger partial charge on any atom is 0.162 e. The van der Waals surface area contributed by atoms with Crippen LogP contribution in [0.5, 0.6) is 0 Å². The Bertz CT molecular complexity index is 2000. The molecule has 6 heteroatoms. The van der Waals surface area contributed by atoms with Crippen molar-refractivity contribution >= 4 is 48.2 Å². The molecular weight excluding hydrogens is 825 g/mol. The van der Waals surface area contributed by atoms with Gasteiger partial charge in [-0.25, -0.2) is 4.98 Å². The normalized spacial score (nSPS) is 15.7. The number of benzene rings is 3. The SMILES string of the molecule is CC(C)C(C(=O)/C=C(\O)C(C(C)C)C(C)C)C(C)C.[2H]c1cc(-c2ncnc3c2sc2cc(C4CCC(C)(C)CC4)ccc23)[c-]c2ccccc12.[Ir]. The van der Waals surface area contributed by atoms with Crippen LogP contribution in [-0.2, 0) is 24.9 Å². The molecule has 2 aromatic heterocycles. The summed E-state index contributed by atoms with van der Waals surface area (Å²) in [7, 11) is 0. The molecule has 6 rings (SSSR count). The first-order chi connectivity index (χ1) is 24.1. The van der Waals surface area contributed by atoms with E-state index in [9.17, 15) is 9.90 Å². The van der Waals surface area contributed by atoms with Crippen LogP contribution in [0.2, 0.25) is 0 Å². The number of allylic oxidation sites excluding steroid dienone is 2. The second kappa shape index (κ2) is 17.3. The van der Waals surface area contributed by atoms with Crippen LogP contribution in [0.1, 0.15) is 108 Å². The molecule has 0 bridgehead atoms. The predicted octanol–water partition coefficient (Wildman–Crippen LogP) is 13.0. The van der Waals surface area contributed by atoms with Gasteiger partial charge in [-0.3, -0.25) is 9.78 Å². The summed E-state index contributed by atoms with van der Waals surface area (Å²) in [5, 5.41) is 13.3. The molecule has 1 fully saturated rings. The van der Waals surface area contributed by atoms with Crippen molar-refractivity contribution in [3.05, 3.63) is 84.4 Å². The van der Waals surface area contributed by atoms with Gasteiger partial charge >= 0.3 is 0 Å². The van der Waals surface area contributed by atoms with Crippen LogP contribution in [0.4, 0.5) is 0 Å². The molecule has 1 aliphatic rings. The molecular formula is C45H57IrN2O2S-. The van der Waals surface area contributed by atoms with Gasteiger partial charge in [0, 0.05) is 59.9 Å². The minimum absolute atomic E-state index is 0. The Balaban J connectivity index is 0.000000263. The molecule has 1 radical (unpaired) electrons. The monoisotopic (exact) mass is 883 g/mol. The van der Waals surface area contributed by atoms with E-state index < -0.39 is 0 Å². The van der Waals surface area contributed by atoms with Crippen molar-refractivity contribution in [2.45, 2.75) is 101 Å². The molecule has 0 amide bonds. The fourth-order valence-electron chi connectivity index (χ4n) is 8.16. The van der Waals surface area contributed by atoms with Gasteiger partial charge in [0.05, 0.1) is 11.3 Å². The van der Waals surface area contributed by atoms with Gasteiger partial charge in [0.25, 0.3) is 0 Å². The molecule has 2 heterocycles. The zero-order valence-corrected chi connectivity index (χ0v) is 35.3. The number of aromatic nitrogens is 2. The number of rotatable bonds is 9. The first-order valence-electron chi connectivity index (χ1n) is 19.1. The van der Waals surface area contributed by atoms with Crippen molar-refractivity contribution < 1.29 is 31.4 Å². The molecule has 4 nitrogen and oxygen atoms in total. The van der Waals surface area contributed by atoms with Gasteiger partial charge < -0.3 is 5.11 Å². The third-order valence-corrected chi connectivity index (χ3v) is 11.9. The summed E-state index contributed by atoms with van der Waals surface area (Å²) >= 11 is 1.77. The third-order valence-electron chi connectivity index (χ3n) is 10.7. The van der Waals surface area contributed by atoms with E-state index in [2.05, 4.69) is 103 Å². The van der Waals surface area contributed by atoms with Crippen LogP contribution >= 0.6 is 11.3 Å². The van der Waals surface area contributed by atoms with E-state index in [4.69, 9.17) is 1.37 Å². The van der Waals surface area contributed by atoms with E-state index in [1.165, 1.54) is 47.4 Å². The molecule has 1 N–H and O–H groups in total. The summed E-state index contributed by atoms with van der Waals surface area (Å²) in [6.07, 6.45) is 8.26. The number of aliphatic hydroxyl groups is 1. The largest absolute Gasteiger partial charge is 0.512 e. The number of hydrogen-bond donors (Lipinski definition) is 1. The third kappa shape index (κ3) is 9.55. The quantitative estimate of drug-likeness (QED) is 0.0910. The van der Waals surface area contributed by atoms with Crippen molar-refractivity contribution in [1.29, 1.82) is 0 Å². The van der Waals surface area contributed by atoms with Crippen molar-refractivity contribution in [2.75, 3.05) is 0 Å². The average Bonchev–Trinajstić information content (AvgIpc) is 3.42. The molecule has 275 valence electrons. The molecule has 0 saturated heterocycles. The molecule has 3 aromatic carbocycles. The summed E-state index contributed by atoms with van der Waals surface area (Å²) < 4.78 is 10.8. The molecule has 0 atom stereocenters. The molecule has 0 spiro atoms. The second-order valence-corrected chi connectivity index (χ2v) is 17.6. The van der Waals surface area contributed by atoms with Crippen LogP contribution in [0.15, 0.2) is 72.7 Å². The van der Waals surface area contributed by atoms with Gasteiger partial charge in [-0.15, -0.1) is 41.0 Å². The van der Waals surface area contributed by atoms with Gasteiger partial charge in [-0.1, -0.05) is 111 Å². The minimum Gasteiger partial charge on any atom is -0.512 e. The maximum absolute atomic E-state index is 12.3. The van der Waals surface area contributed by atoms with E-state index in [-0.39, 0.29) is 43.5 Å². The topological polar surface area (TPSA) is 63.1 Å². The second-order valence-electron chi connectivity index (χ2n) is 16.6. The number of thiophene rings is 1. The summed E-state index contributed by atoms with van der Waals surface area (Å²) in [5.74, 6) is 2.28. The summed E-state index contributed by atoms with van der Waals surface area (Å²) in [5.41, 5.74) is 4.67. The number of fused-ring (bicyclic) bond motifs is 4. The zero-order valence-electron chi connectivity index (χ0n) is 33.1. The Hall–Kier alpha value is -2.92. The van der Waals surface area contributed by atoms with Gasteiger partial charge in [0.15, 0.2) is 5.78 Å². The number of nitrogens with zero attached hydrogens (tertiary/aromatic N) is 2. The van der Waals surface area contributed by atoms with E-state index in [0.29, 0.717) is 41.0 Å². The summed E-state index contributed by atoms with van der Waals surface area (Å²) in [6.45, 7) is 21.4. The van der Waals surface area contributed by atoms with E-state index in [1.807, 2.05) is 30.3 Å². The fraction of sp³-hybridized carbons (Fsp3) is 0.489. The standard InChI is InChI=1S/C28H25N2S.C17H32O2.Ir/c1-28(2)13-11-19(12-14-28)21-9-10-23-24(16-21)31-27-25(29-17-30-26(23)27)22-8-7-18-5-3-4-6-20(18)15-22;1-10(2)16(11(3)4)14(18)9-15(19)17(12(5)6)13(7)8;/h3-10,16-17,19H,11-14H2,1-2H3;9-13,16-18H,1-8H3;/q-1;;/b;14-9-;/i7D;;. The Morgan fingerprint density at radius 3 is 2.18 bits per heavy atom. The van der Waals surface area contributed by atoms with E-state index >= 15 is 0 Å². The Labute approximate surface area is 325 Å². The van der Waals surface area contributed by atoms with Crippen molar-refractivity contribution in [3.8, 4) is 11.3 Å². The number of carbonyl (C=O) groups is 1. The summed E-state index contributed by atoms with van der Waals surface area (Å²) in [4.78, 5) is 21.6. The Morgan fingerprint density at radius 2 is 1.55 bits per heavy atom. The first-order valence-corrected chi connectivity index (χ1v) is 19.4. The van der Waals surface area contributed by atoms with Crippen LogP contribution < -0.4 is 0 Å². The van der Waals surface area contributed by atoms with Gasteiger partial charge in [-0.05, 0) is 72.3 Å². The molecule has 51 heavy (non-hydrogen) atoms. The Kier molecular flexibility index (Phi) is 13.3. The van der Waals surface area contributed by atoms with Crippen molar-refractivity contribution in [2.24, 2.45) is 40.9 Å². The van der Waals surface area contributed by atoms with Gasteiger partial charge in [-0.2, -0.15) is 0 Å². The van der Waals surface area contributed by atoms with E-state index in [1.54, 1.807) is 17.7 Å². The fourth-order valence-corrected chi connectivity index (χ4v) is 9.37. The number of ketones is 1. The summed E-state index contributed by atoms with van der Waals surface area (Å²) in [6, 6.07) is 20.8. The smallest absolute Gasteiger partial charge is 0.162 e. The number of hydrogen-bond acceptors (Lipinski definition) is 5. The minimum atomic E-state index is -0.0119. The molecule has 1 aliphatic carbocycles. The first kappa shape index (κ1) is 39.3. The average molecular weight is 883 g/mol. The van der Waals surface area contributed by atoms with Crippen LogP contribution in [0.25, 0.3) is 42.3 Å². The van der Waals surface area contributed by atoms with Gasteiger partial charge in [0.1, 0.15) is 6.33 Å². The van der Waals surface area contributed by atoms with Crippen LogP contribution in [0.3, 0.4) is 0 Å². The molecule has 0 aliphatic heterocycles. The van der Waals surface area contributed by atoms with E-state index in [0.717, 1.165) is 32.2 Å². The van der Waals surface area contributed by atoms with Crippen LogP contribution in [0, 0.1) is 47.0 Å². The zero-order chi connectivity index (χ0) is 37.2. The maximum atomic E-state index is 12.3. The molecule has 0 unspecified atom stereocenters. The van der Waals surface area contributed by atoms with Gasteiger partial charge in [0.2, 0.25) is 0 Å².